The van der Waals surface area contributed by atoms with Gasteiger partial charge in [0.25, 0.3) is 0 Å². The van der Waals surface area contributed by atoms with Crippen molar-refractivity contribution < 1.29 is 25.8 Å². The normalized spacial score (nSPS) is 13.3. The molecule has 0 saturated heterocycles. The third-order valence-corrected chi connectivity index (χ3v) is 16.8. The van der Waals surface area contributed by atoms with Gasteiger partial charge in [-0.25, -0.2) is 4.98 Å². The Bertz CT molecular complexity index is 4240. The van der Waals surface area contributed by atoms with Crippen molar-refractivity contribution in [3.8, 4) is 50.7 Å². The molecule has 0 bridgehead atoms. The summed E-state index contributed by atoms with van der Waals surface area (Å²) in [5.41, 5.74) is 21.7. The van der Waals surface area contributed by atoms with Crippen LogP contribution in [0.3, 0.4) is 0 Å². The van der Waals surface area contributed by atoms with Gasteiger partial charge in [-0.3, -0.25) is 0 Å². The number of aromatic nitrogens is 2. The monoisotopic (exact) mass is 1260 g/mol. The molecule has 2 aliphatic heterocycles. The minimum Gasteiger partial charge on any atom is -0.509 e. The van der Waals surface area contributed by atoms with Gasteiger partial charge in [-0.1, -0.05) is 232 Å². The molecule has 0 amide bonds. The molecule has 5 nitrogen and oxygen atoms in total. The van der Waals surface area contributed by atoms with Crippen LogP contribution in [-0.4, -0.2) is 16.3 Å². The van der Waals surface area contributed by atoms with Crippen LogP contribution in [0, 0.1) is 18.8 Å². The smallest absolute Gasteiger partial charge is 0.217 e. The molecule has 83 heavy (non-hydrogen) atoms. The quantitative estimate of drug-likeness (QED) is 0.107. The number of ether oxygens (including phenoxy) is 1. The fourth-order valence-electron chi connectivity index (χ4n) is 12.2. The van der Waals surface area contributed by atoms with Gasteiger partial charge in [0.15, 0.2) is 0 Å². The summed E-state index contributed by atoms with van der Waals surface area (Å²) >= 11 is 0. The summed E-state index contributed by atoms with van der Waals surface area (Å²) in [7, 11) is 0. The van der Waals surface area contributed by atoms with Crippen LogP contribution in [0.15, 0.2) is 200 Å². The van der Waals surface area contributed by atoms with Gasteiger partial charge in [0.1, 0.15) is 5.82 Å². The van der Waals surface area contributed by atoms with Gasteiger partial charge in [-0.05, 0) is 109 Å². The number of hydrogen-bond donors (Lipinski definition) is 0. The van der Waals surface area contributed by atoms with Gasteiger partial charge in [-0.15, -0.1) is 48.1 Å². The second kappa shape index (κ2) is 20.8. The summed E-state index contributed by atoms with van der Waals surface area (Å²) in [5, 5.41) is 2.44. The van der Waals surface area contributed by atoms with E-state index in [1.165, 1.54) is 71.7 Å². The molecule has 9 aromatic carbocycles. The van der Waals surface area contributed by atoms with E-state index in [1.807, 2.05) is 12.3 Å². The van der Waals surface area contributed by atoms with E-state index in [9.17, 15) is 0 Å². The molecule has 2 aliphatic rings. The molecule has 0 saturated carbocycles. The van der Waals surface area contributed by atoms with Crippen LogP contribution in [0.25, 0.3) is 61.0 Å². The average molecular weight is 1260 g/mol. The summed E-state index contributed by atoms with van der Waals surface area (Å²) in [6.07, 6.45) is 1.94. The van der Waals surface area contributed by atoms with Crippen molar-refractivity contribution >= 4 is 67.7 Å². The van der Waals surface area contributed by atoms with Gasteiger partial charge in [-0.2, -0.15) is 11.5 Å². The second-order valence-electron chi connectivity index (χ2n) is 26.6. The molecule has 13 rings (SSSR count). The van der Waals surface area contributed by atoms with Gasteiger partial charge in [0.05, 0.1) is 0 Å². The predicted octanol–water partition coefficient (Wildman–Crippen LogP) is 18.0. The van der Waals surface area contributed by atoms with Crippen LogP contribution < -0.4 is 30.9 Å². The first-order valence-electron chi connectivity index (χ1n) is 29.0. The van der Waals surface area contributed by atoms with Crippen LogP contribution >= 0.6 is 0 Å². The van der Waals surface area contributed by atoms with Crippen molar-refractivity contribution in [2.45, 2.75) is 105 Å². The van der Waals surface area contributed by atoms with Crippen LogP contribution in [0.2, 0.25) is 0 Å². The topological polar surface area (TPSA) is 33.5 Å². The maximum atomic E-state index is 7.08. The Hall–Kier alpha value is -7.92. The maximum Gasteiger partial charge on any atom is 0.217 e. The van der Waals surface area contributed by atoms with E-state index in [4.69, 9.17) is 9.72 Å². The molecule has 7 heteroatoms. The average Bonchev–Trinajstić information content (AvgIpc) is 4.34. The Morgan fingerprint density at radius 2 is 1.01 bits per heavy atom. The van der Waals surface area contributed by atoms with Crippen molar-refractivity contribution in [3.63, 3.8) is 0 Å². The summed E-state index contributed by atoms with van der Waals surface area (Å²) in [4.78, 5) is 9.71. The van der Waals surface area contributed by atoms with E-state index >= 15 is 0 Å². The van der Waals surface area contributed by atoms with E-state index in [0.29, 0.717) is 11.5 Å². The van der Waals surface area contributed by atoms with Crippen molar-refractivity contribution in [2.75, 3.05) is 9.80 Å². The van der Waals surface area contributed by atoms with E-state index < -0.39 is 0 Å². The second-order valence-corrected chi connectivity index (χ2v) is 26.6. The first kappa shape index (κ1) is 55.6. The number of nitrogens with zero attached hydrogens (tertiary/aromatic N) is 4. The number of anilines is 4. The molecule has 4 heterocycles. The number of pyridine rings is 1. The summed E-state index contributed by atoms with van der Waals surface area (Å²) < 4.78 is 9.36. The van der Waals surface area contributed by atoms with Crippen molar-refractivity contribution in [1.82, 2.24) is 9.55 Å². The van der Waals surface area contributed by atoms with Gasteiger partial charge in [0.2, 0.25) is 6.71 Å². The molecule has 416 valence electrons. The molecule has 0 aliphatic carbocycles. The fourth-order valence-corrected chi connectivity index (χ4v) is 12.2. The largest absolute Gasteiger partial charge is 0.509 e. The zero-order chi connectivity index (χ0) is 57.0. The van der Waals surface area contributed by atoms with Crippen molar-refractivity contribution in [3.05, 3.63) is 241 Å². The minimum atomic E-state index is -0.148. The molecule has 0 fully saturated rings. The van der Waals surface area contributed by atoms with Crippen LogP contribution in [0.4, 0.5) is 22.7 Å². The number of hydrogen-bond acceptors (Lipinski definition) is 4. The van der Waals surface area contributed by atoms with Crippen molar-refractivity contribution in [2.24, 2.45) is 0 Å². The molecular weight excluding hydrogens is 1190 g/mol. The first-order chi connectivity index (χ1) is 39.2. The van der Waals surface area contributed by atoms with E-state index in [1.54, 1.807) is 0 Å². The summed E-state index contributed by atoms with van der Waals surface area (Å²) in [5.74, 6) is 2.08. The van der Waals surface area contributed by atoms with E-state index in [2.05, 4.69) is 304 Å². The Morgan fingerprint density at radius 3 is 1.66 bits per heavy atom. The van der Waals surface area contributed by atoms with E-state index in [-0.39, 0.29) is 49.4 Å². The third-order valence-electron chi connectivity index (χ3n) is 16.8. The number of para-hydroxylation sites is 2. The minimum absolute atomic E-state index is 0. The summed E-state index contributed by atoms with van der Waals surface area (Å²) in [6, 6.07) is 78.7. The van der Waals surface area contributed by atoms with Gasteiger partial charge >= 0.3 is 0 Å². The number of fused-ring (bicyclic) bond motifs is 1. The van der Waals surface area contributed by atoms with Crippen LogP contribution in [-0.2, 0) is 42.7 Å². The molecule has 0 atom stereocenters. The maximum absolute atomic E-state index is 7.08. The molecule has 0 spiro atoms. The Labute approximate surface area is 506 Å². The first-order valence-corrected chi connectivity index (χ1v) is 29.0. The standard InChI is InChI=1S/C76H70BN4O.Pt/c1-73(2,3)53-37-38-78-69(44-53)81-67-32-22-29-63-70(67)71-64(77(63)57-25-17-14-18-26-57)46-60(47-68(71)81)82-59-28-21-27-58(45-59)79-48-80(66-31-20-19-30-65(66)79)72-61(51-35-33-50(34-36-51)49-23-15-13-16-24-49)42-56(76(10,11)12)43-62(72)52-39-54(74(4,5)6)41-55(40-52)75(7,8)9;/h13-44,46,48H,1-12H3;/q-3;. The molecular formula is C76H70BN4OPt-3. The zero-order valence-electron chi connectivity index (χ0n) is 49.7. The molecule has 0 unspecified atom stereocenters. The molecule has 0 N–H and O–H groups in total. The van der Waals surface area contributed by atoms with Crippen LogP contribution in [0.5, 0.6) is 11.5 Å². The molecule has 11 aromatic rings. The SMILES string of the molecule is CC(C)(C)c1cc(-c2cc(C(C)(C)C)cc(-c3ccc(-c4ccccc4)cc3)c2N2[CH-]N(c3[c-]c(Oc4[c-]c5c6c(c4)B(c4ccccc4)c4cccc(c46)n5-c4cc(C(C)(C)C)ccn4)ccc3)c3ccccc32)cc(C(C)(C)C)c1.[Pt]. The van der Waals surface area contributed by atoms with Crippen LogP contribution in [0.1, 0.15) is 105 Å². The fraction of sp³-hybridized carbons (Fsp3) is 0.211. The third kappa shape index (κ3) is 10.1. The zero-order valence-corrected chi connectivity index (χ0v) is 52.0. The summed E-state index contributed by atoms with van der Waals surface area (Å²) in [6.45, 7) is 30.0. The van der Waals surface area contributed by atoms with Crippen molar-refractivity contribution in [1.29, 1.82) is 0 Å². The Kier molecular flexibility index (Phi) is 13.9. The molecule has 2 aromatic heterocycles. The van der Waals surface area contributed by atoms with Gasteiger partial charge < -0.3 is 19.1 Å². The molecule has 0 radical (unpaired) electrons. The number of benzene rings is 9. The predicted molar refractivity (Wildman–Crippen MR) is 346 cm³/mol. The Morgan fingerprint density at radius 1 is 0.446 bits per heavy atom. The number of rotatable bonds is 9. The van der Waals surface area contributed by atoms with E-state index in [0.717, 1.165) is 50.7 Å². The van der Waals surface area contributed by atoms with Gasteiger partial charge in [0, 0.05) is 72.5 Å². The Balaban J connectivity index is 0.00000680.